The number of benzene rings is 2. The highest BCUT2D eigenvalue weighted by Gasteiger charge is 2.09. The lowest BCUT2D eigenvalue weighted by Gasteiger charge is -2.07. The molecule has 3 rings (SSSR count). The van der Waals surface area contributed by atoms with E-state index < -0.39 is 0 Å². The summed E-state index contributed by atoms with van der Waals surface area (Å²) in [6.45, 7) is 3.96. The summed E-state index contributed by atoms with van der Waals surface area (Å²) >= 11 is 0. The number of H-pyrrole nitrogens is 1. The van der Waals surface area contributed by atoms with Gasteiger partial charge in [0.1, 0.15) is 0 Å². The first-order chi connectivity index (χ1) is 9.63. The summed E-state index contributed by atoms with van der Waals surface area (Å²) in [5.41, 5.74) is 4.69. The number of amides is 1. The zero-order valence-corrected chi connectivity index (χ0v) is 11.5. The summed E-state index contributed by atoms with van der Waals surface area (Å²) < 4.78 is 0. The van der Waals surface area contributed by atoms with Crippen LogP contribution in [0.2, 0.25) is 0 Å². The van der Waals surface area contributed by atoms with E-state index in [4.69, 9.17) is 0 Å². The molecular formula is C17H16N2O. The monoisotopic (exact) mass is 264 g/mol. The van der Waals surface area contributed by atoms with Gasteiger partial charge in [-0.05, 0) is 49.7 Å². The van der Waals surface area contributed by atoms with Crippen molar-refractivity contribution in [3.8, 4) is 0 Å². The van der Waals surface area contributed by atoms with Crippen molar-refractivity contribution in [1.82, 2.24) is 4.98 Å². The molecule has 0 aliphatic heterocycles. The number of nitrogens with one attached hydrogen (secondary N) is 2. The molecule has 0 saturated heterocycles. The van der Waals surface area contributed by atoms with E-state index in [0.717, 1.165) is 27.8 Å². The third-order valence-electron chi connectivity index (χ3n) is 3.40. The SMILES string of the molecule is Cc1cc2cc(NC(=O)c3ccccc3C)ccc2[nH]1. The van der Waals surface area contributed by atoms with Crippen LogP contribution >= 0.6 is 0 Å². The van der Waals surface area contributed by atoms with E-state index in [-0.39, 0.29) is 5.91 Å². The van der Waals surface area contributed by atoms with Gasteiger partial charge in [0.15, 0.2) is 0 Å². The number of carbonyl (C=O) groups excluding carboxylic acids is 1. The summed E-state index contributed by atoms with van der Waals surface area (Å²) in [5.74, 6) is -0.0743. The molecule has 0 saturated carbocycles. The van der Waals surface area contributed by atoms with Crippen LogP contribution in [0.3, 0.4) is 0 Å². The molecule has 3 nitrogen and oxygen atoms in total. The van der Waals surface area contributed by atoms with Gasteiger partial charge >= 0.3 is 0 Å². The molecule has 0 bridgehead atoms. The van der Waals surface area contributed by atoms with Crippen molar-refractivity contribution in [2.75, 3.05) is 5.32 Å². The molecule has 3 aromatic rings. The van der Waals surface area contributed by atoms with Crippen LogP contribution in [0.4, 0.5) is 5.69 Å². The molecule has 0 unspecified atom stereocenters. The van der Waals surface area contributed by atoms with E-state index in [1.54, 1.807) is 0 Å². The topological polar surface area (TPSA) is 44.9 Å². The molecule has 20 heavy (non-hydrogen) atoms. The fourth-order valence-corrected chi connectivity index (χ4v) is 2.38. The lowest BCUT2D eigenvalue weighted by molar-refractivity contribution is 0.102. The Morgan fingerprint density at radius 2 is 1.85 bits per heavy atom. The van der Waals surface area contributed by atoms with E-state index in [9.17, 15) is 4.79 Å². The van der Waals surface area contributed by atoms with Crippen LogP contribution < -0.4 is 5.32 Å². The van der Waals surface area contributed by atoms with Crippen LogP contribution in [0.15, 0.2) is 48.5 Å². The van der Waals surface area contributed by atoms with Gasteiger partial charge in [-0.3, -0.25) is 4.79 Å². The second kappa shape index (κ2) is 4.85. The predicted molar refractivity (Wildman–Crippen MR) is 82.2 cm³/mol. The third-order valence-corrected chi connectivity index (χ3v) is 3.40. The number of aryl methyl sites for hydroxylation is 2. The molecule has 3 heteroatoms. The Hall–Kier alpha value is -2.55. The highest BCUT2D eigenvalue weighted by atomic mass is 16.1. The lowest BCUT2D eigenvalue weighted by Crippen LogP contribution is -2.13. The number of aromatic amines is 1. The van der Waals surface area contributed by atoms with Gasteiger partial charge in [0.2, 0.25) is 0 Å². The van der Waals surface area contributed by atoms with Gasteiger partial charge in [-0.1, -0.05) is 18.2 Å². The Morgan fingerprint density at radius 3 is 2.65 bits per heavy atom. The van der Waals surface area contributed by atoms with Crippen molar-refractivity contribution in [3.63, 3.8) is 0 Å². The third kappa shape index (κ3) is 2.30. The first kappa shape index (κ1) is 12.5. The highest BCUT2D eigenvalue weighted by molar-refractivity contribution is 6.06. The average molecular weight is 264 g/mol. The van der Waals surface area contributed by atoms with Gasteiger partial charge in [-0.2, -0.15) is 0 Å². The Kier molecular flexibility index (Phi) is 3.03. The van der Waals surface area contributed by atoms with Crippen LogP contribution in [0.5, 0.6) is 0 Å². The van der Waals surface area contributed by atoms with Crippen molar-refractivity contribution < 1.29 is 4.79 Å². The summed E-state index contributed by atoms with van der Waals surface area (Å²) in [7, 11) is 0. The zero-order valence-electron chi connectivity index (χ0n) is 11.5. The normalized spacial score (nSPS) is 10.7. The maximum absolute atomic E-state index is 12.3. The molecule has 100 valence electrons. The van der Waals surface area contributed by atoms with Crippen molar-refractivity contribution in [2.45, 2.75) is 13.8 Å². The minimum atomic E-state index is -0.0743. The molecule has 0 radical (unpaired) electrons. The Bertz CT molecular complexity index is 787. The van der Waals surface area contributed by atoms with Gasteiger partial charge in [-0.25, -0.2) is 0 Å². The maximum atomic E-state index is 12.3. The van der Waals surface area contributed by atoms with Crippen LogP contribution in [0, 0.1) is 13.8 Å². The van der Waals surface area contributed by atoms with Crippen LogP contribution in [-0.2, 0) is 0 Å². The number of fused-ring (bicyclic) bond motifs is 1. The maximum Gasteiger partial charge on any atom is 0.255 e. The minimum absolute atomic E-state index is 0.0743. The molecule has 1 heterocycles. The minimum Gasteiger partial charge on any atom is -0.359 e. The summed E-state index contributed by atoms with van der Waals surface area (Å²) in [5, 5.41) is 4.05. The summed E-state index contributed by atoms with van der Waals surface area (Å²) in [6.07, 6.45) is 0. The first-order valence-electron chi connectivity index (χ1n) is 6.60. The van der Waals surface area contributed by atoms with Crippen molar-refractivity contribution in [1.29, 1.82) is 0 Å². The van der Waals surface area contributed by atoms with Crippen molar-refractivity contribution in [3.05, 3.63) is 65.4 Å². The van der Waals surface area contributed by atoms with E-state index >= 15 is 0 Å². The number of carbonyl (C=O) groups is 1. The molecule has 0 spiro atoms. The lowest BCUT2D eigenvalue weighted by atomic mass is 10.1. The Balaban J connectivity index is 1.89. The van der Waals surface area contributed by atoms with Crippen LogP contribution in [0.25, 0.3) is 10.9 Å². The number of rotatable bonds is 2. The predicted octanol–water partition coefficient (Wildman–Crippen LogP) is 4.04. The average Bonchev–Trinajstić information content (AvgIpc) is 2.78. The highest BCUT2D eigenvalue weighted by Crippen LogP contribution is 2.20. The summed E-state index contributed by atoms with van der Waals surface area (Å²) in [6, 6.07) is 15.5. The molecule has 0 aliphatic rings. The number of hydrogen-bond donors (Lipinski definition) is 2. The van der Waals surface area contributed by atoms with Crippen LogP contribution in [0.1, 0.15) is 21.6 Å². The first-order valence-corrected chi connectivity index (χ1v) is 6.60. The van der Waals surface area contributed by atoms with E-state index in [1.807, 2.05) is 56.3 Å². The standard InChI is InChI=1S/C17H16N2O/c1-11-5-3-4-6-15(11)17(20)19-14-7-8-16-13(10-14)9-12(2)18-16/h3-10,18H,1-2H3,(H,19,20). The van der Waals surface area contributed by atoms with Gasteiger partial charge in [0.25, 0.3) is 5.91 Å². The molecule has 0 fully saturated rings. The van der Waals surface area contributed by atoms with Gasteiger partial charge in [-0.15, -0.1) is 0 Å². The zero-order chi connectivity index (χ0) is 14.1. The molecular weight excluding hydrogens is 248 g/mol. The van der Waals surface area contributed by atoms with Gasteiger partial charge in [0, 0.05) is 27.8 Å². The van der Waals surface area contributed by atoms with E-state index in [2.05, 4.69) is 16.4 Å². The summed E-state index contributed by atoms with van der Waals surface area (Å²) in [4.78, 5) is 15.5. The van der Waals surface area contributed by atoms with E-state index in [1.165, 1.54) is 0 Å². The Morgan fingerprint density at radius 1 is 1.05 bits per heavy atom. The molecule has 1 amide bonds. The van der Waals surface area contributed by atoms with Crippen molar-refractivity contribution >= 4 is 22.5 Å². The second-order valence-electron chi connectivity index (χ2n) is 5.02. The largest absolute Gasteiger partial charge is 0.359 e. The molecule has 0 aliphatic carbocycles. The fraction of sp³-hybridized carbons (Fsp3) is 0.118. The number of hydrogen-bond acceptors (Lipinski definition) is 1. The van der Waals surface area contributed by atoms with E-state index in [0.29, 0.717) is 5.56 Å². The fourth-order valence-electron chi connectivity index (χ4n) is 2.38. The van der Waals surface area contributed by atoms with Gasteiger partial charge in [0.05, 0.1) is 0 Å². The quantitative estimate of drug-likeness (QED) is 0.721. The van der Waals surface area contributed by atoms with Crippen LogP contribution in [-0.4, -0.2) is 10.9 Å². The molecule has 2 aromatic carbocycles. The Labute approximate surface area is 117 Å². The smallest absolute Gasteiger partial charge is 0.255 e. The van der Waals surface area contributed by atoms with Gasteiger partial charge < -0.3 is 10.3 Å². The second-order valence-corrected chi connectivity index (χ2v) is 5.02. The number of anilines is 1. The molecule has 0 atom stereocenters. The molecule has 1 aromatic heterocycles. The van der Waals surface area contributed by atoms with Crippen molar-refractivity contribution in [2.24, 2.45) is 0 Å². The molecule has 2 N–H and O–H groups in total. The number of aromatic nitrogens is 1.